The fourth-order valence-electron chi connectivity index (χ4n) is 2.43. The standard InChI is InChI=1S/C16H17N3O3/c20-15-12(8-4-5-9-17-15)18-16(21)13-10-14(22-19-13)11-6-2-1-3-7-11/h1-3,6-7,10,12H,4-5,8-9H2,(H,17,20)(H,18,21)/t12-/m0/s1. The van der Waals surface area contributed by atoms with Gasteiger partial charge in [-0.15, -0.1) is 0 Å². The molecule has 1 aromatic heterocycles. The first-order chi connectivity index (χ1) is 10.7. The van der Waals surface area contributed by atoms with E-state index in [0.717, 1.165) is 18.4 Å². The molecule has 1 aliphatic heterocycles. The van der Waals surface area contributed by atoms with Crippen LogP contribution >= 0.6 is 0 Å². The molecule has 6 heteroatoms. The topological polar surface area (TPSA) is 84.2 Å². The van der Waals surface area contributed by atoms with Crippen LogP contribution in [0.15, 0.2) is 40.9 Å². The minimum atomic E-state index is -0.508. The van der Waals surface area contributed by atoms with Crippen molar-refractivity contribution in [1.29, 1.82) is 0 Å². The fourth-order valence-corrected chi connectivity index (χ4v) is 2.43. The molecule has 1 saturated heterocycles. The van der Waals surface area contributed by atoms with Gasteiger partial charge in [0.05, 0.1) is 0 Å². The van der Waals surface area contributed by atoms with Crippen molar-refractivity contribution in [2.45, 2.75) is 25.3 Å². The molecule has 0 saturated carbocycles. The average molecular weight is 299 g/mol. The lowest BCUT2D eigenvalue weighted by Crippen LogP contribution is -2.45. The quantitative estimate of drug-likeness (QED) is 0.904. The summed E-state index contributed by atoms with van der Waals surface area (Å²) in [5.41, 5.74) is 1.03. The van der Waals surface area contributed by atoms with Crippen molar-refractivity contribution < 1.29 is 14.1 Å². The lowest BCUT2D eigenvalue weighted by atomic mass is 10.1. The van der Waals surface area contributed by atoms with E-state index in [1.165, 1.54) is 0 Å². The van der Waals surface area contributed by atoms with Crippen LogP contribution in [0.5, 0.6) is 0 Å². The highest BCUT2D eigenvalue weighted by molar-refractivity contribution is 5.96. The fraction of sp³-hybridized carbons (Fsp3) is 0.312. The monoisotopic (exact) mass is 299 g/mol. The van der Waals surface area contributed by atoms with Crippen LogP contribution in [0.3, 0.4) is 0 Å². The number of rotatable bonds is 3. The highest BCUT2D eigenvalue weighted by Crippen LogP contribution is 2.19. The lowest BCUT2D eigenvalue weighted by Gasteiger charge is -2.13. The third kappa shape index (κ3) is 3.16. The van der Waals surface area contributed by atoms with Gasteiger partial charge < -0.3 is 15.2 Å². The van der Waals surface area contributed by atoms with E-state index in [1.54, 1.807) is 6.07 Å². The molecule has 2 aromatic rings. The van der Waals surface area contributed by atoms with Crippen LogP contribution in [0.4, 0.5) is 0 Å². The van der Waals surface area contributed by atoms with E-state index < -0.39 is 11.9 Å². The van der Waals surface area contributed by atoms with Crippen molar-refractivity contribution >= 4 is 11.8 Å². The number of carbonyl (C=O) groups is 2. The molecule has 1 atom stereocenters. The maximum absolute atomic E-state index is 12.2. The van der Waals surface area contributed by atoms with Crippen molar-refractivity contribution in [1.82, 2.24) is 15.8 Å². The van der Waals surface area contributed by atoms with Gasteiger partial charge in [-0.1, -0.05) is 35.5 Å². The largest absolute Gasteiger partial charge is 0.355 e. The van der Waals surface area contributed by atoms with Gasteiger partial charge in [0, 0.05) is 18.2 Å². The van der Waals surface area contributed by atoms with Gasteiger partial charge in [-0.05, 0) is 19.3 Å². The molecule has 1 fully saturated rings. The minimum absolute atomic E-state index is 0.141. The first-order valence-electron chi connectivity index (χ1n) is 7.35. The van der Waals surface area contributed by atoms with Crippen LogP contribution in [0, 0.1) is 0 Å². The zero-order valence-electron chi connectivity index (χ0n) is 12.0. The van der Waals surface area contributed by atoms with Crippen molar-refractivity contribution in [3.63, 3.8) is 0 Å². The molecular weight excluding hydrogens is 282 g/mol. The summed E-state index contributed by atoms with van der Waals surface area (Å²) in [5.74, 6) is -0.0123. The molecule has 0 radical (unpaired) electrons. The third-order valence-corrected chi connectivity index (χ3v) is 3.64. The van der Waals surface area contributed by atoms with E-state index >= 15 is 0 Å². The normalized spacial score (nSPS) is 18.4. The van der Waals surface area contributed by atoms with Crippen molar-refractivity contribution in [3.8, 4) is 11.3 Å². The molecule has 1 aliphatic rings. The number of amides is 2. The number of nitrogens with one attached hydrogen (secondary N) is 2. The number of carbonyl (C=O) groups excluding carboxylic acids is 2. The molecule has 114 valence electrons. The van der Waals surface area contributed by atoms with E-state index in [2.05, 4.69) is 15.8 Å². The van der Waals surface area contributed by atoms with Gasteiger partial charge in [0.1, 0.15) is 6.04 Å². The van der Waals surface area contributed by atoms with Crippen LogP contribution < -0.4 is 10.6 Å². The second kappa shape index (κ2) is 6.43. The van der Waals surface area contributed by atoms with Crippen molar-refractivity contribution in [2.75, 3.05) is 6.54 Å². The van der Waals surface area contributed by atoms with Gasteiger partial charge >= 0.3 is 0 Å². The van der Waals surface area contributed by atoms with Crippen LogP contribution in [0.1, 0.15) is 29.8 Å². The summed E-state index contributed by atoms with van der Waals surface area (Å²) in [6.45, 7) is 0.660. The molecular formula is C16H17N3O3. The van der Waals surface area contributed by atoms with E-state index in [1.807, 2.05) is 30.3 Å². The zero-order valence-corrected chi connectivity index (χ0v) is 12.0. The summed E-state index contributed by atoms with van der Waals surface area (Å²) in [4.78, 5) is 24.0. The molecule has 0 unspecified atom stereocenters. The molecule has 2 N–H and O–H groups in total. The molecule has 1 aromatic carbocycles. The summed E-state index contributed by atoms with van der Waals surface area (Å²) in [6, 6.07) is 10.5. The van der Waals surface area contributed by atoms with Crippen LogP contribution in [0.2, 0.25) is 0 Å². The van der Waals surface area contributed by atoms with Gasteiger partial charge in [-0.2, -0.15) is 0 Å². The predicted molar refractivity (Wildman–Crippen MR) is 80.1 cm³/mol. The van der Waals surface area contributed by atoms with E-state index in [9.17, 15) is 9.59 Å². The predicted octanol–water partition coefficient (Wildman–Crippen LogP) is 1.74. The van der Waals surface area contributed by atoms with E-state index in [4.69, 9.17) is 4.52 Å². The summed E-state index contributed by atoms with van der Waals surface area (Å²) >= 11 is 0. The van der Waals surface area contributed by atoms with Crippen LogP contribution in [-0.4, -0.2) is 29.6 Å². The second-order valence-corrected chi connectivity index (χ2v) is 5.26. The summed E-state index contributed by atoms with van der Waals surface area (Å²) in [6.07, 6.45) is 2.47. The molecule has 0 aliphatic carbocycles. The number of benzene rings is 1. The number of hydrogen-bond donors (Lipinski definition) is 2. The Balaban J connectivity index is 1.70. The number of aromatic nitrogens is 1. The second-order valence-electron chi connectivity index (χ2n) is 5.26. The minimum Gasteiger partial charge on any atom is -0.355 e. The first kappa shape index (κ1) is 14.3. The Morgan fingerprint density at radius 3 is 2.91 bits per heavy atom. The summed E-state index contributed by atoms with van der Waals surface area (Å²) in [5, 5.41) is 9.29. The van der Waals surface area contributed by atoms with Crippen molar-refractivity contribution in [3.05, 3.63) is 42.1 Å². The van der Waals surface area contributed by atoms with Crippen LogP contribution in [0.25, 0.3) is 11.3 Å². The number of nitrogens with zero attached hydrogens (tertiary/aromatic N) is 1. The molecule has 3 rings (SSSR count). The smallest absolute Gasteiger partial charge is 0.274 e. The van der Waals surface area contributed by atoms with Gasteiger partial charge in [0.25, 0.3) is 5.91 Å². The van der Waals surface area contributed by atoms with E-state index in [-0.39, 0.29) is 11.6 Å². The van der Waals surface area contributed by atoms with Gasteiger partial charge in [0.15, 0.2) is 11.5 Å². The van der Waals surface area contributed by atoms with Crippen LogP contribution in [-0.2, 0) is 4.79 Å². The lowest BCUT2D eigenvalue weighted by molar-refractivity contribution is -0.122. The first-order valence-corrected chi connectivity index (χ1v) is 7.35. The van der Waals surface area contributed by atoms with Crippen molar-refractivity contribution in [2.24, 2.45) is 0 Å². The Morgan fingerprint density at radius 1 is 1.27 bits per heavy atom. The molecule has 0 bridgehead atoms. The highest BCUT2D eigenvalue weighted by Gasteiger charge is 2.24. The zero-order chi connectivity index (χ0) is 15.4. The van der Waals surface area contributed by atoms with Gasteiger partial charge in [-0.25, -0.2) is 0 Å². The van der Waals surface area contributed by atoms with Gasteiger partial charge in [0.2, 0.25) is 5.91 Å². The van der Waals surface area contributed by atoms with Gasteiger partial charge in [-0.3, -0.25) is 9.59 Å². The Labute approximate surface area is 127 Å². The SMILES string of the molecule is O=C(N[C@H]1CCCCNC1=O)c1cc(-c2ccccc2)on1. The Bertz CT molecular complexity index is 666. The third-order valence-electron chi connectivity index (χ3n) is 3.64. The molecule has 6 nitrogen and oxygen atoms in total. The maximum Gasteiger partial charge on any atom is 0.274 e. The molecule has 2 amide bonds. The average Bonchev–Trinajstić information content (AvgIpc) is 2.96. The number of hydrogen-bond acceptors (Lipinski definition) is 4. The summed E-state index contributed by atoms with van der Waals surface area (Å²) < 4.78 is 5.20. The summed E-state index contributed by atoms with van der Waals surface area (Å²) in [7, 11) is 0. The Hall–Kier alpha value is -2.63. The molecule has 22 heavy (non-hydrogen) atoms. The maximum atomic E-state index is 12.2. The Kier molecular flexibility index (Phi) is 4.18. The Morgan fingerprint density at radius 2 is 2.09 bits per heavy atom. The highest BCUT2D eigenvalue weighted by atomic mass is 16.5. The molecule has 0 spiro atoms. The van der Waals surface area contributed by atoms with E-state index in [0.29, 0.717) is 18.7 Å². The molecule has 2 heterocycles.